The molecule has 0 aromatic heterocycles. The zero-order valence-corrected chi connectivity index (χ0v) is 13.9. The van der Waals surface area contributed by atoms with Gasteiger partial charge in [0.1, 0.15) is 0 Å². The minimum absolute atomic E-state index is 0.432. The van der Waals surface area contributed by atoms with E-state index in [9.17, 15) is 10.2 Å². The number of fused-ring (bicyclic) bond motifs is 1. The summed E-state index contributed by atoms with van der Waals surface area (Å²) < 4.78 is 0. The van der Waals surface area contributed by atoms with Crippen molar-refractivity contribution in [2.45, 2.75) is 24.5 Å². The number of likely N-dealkylation sites (tertiary alicyclic amines) is 1. The molecule has 1 saturated carbocycles. The summed E-state index contributed by atoms with van der Waals surface area (Å²) in [5.74, 6) is 1.05. The van der Waals surface area contributed by atoms with E-state index in [0.717, 1.165) is 37.1 Å². The van der Waals surface area contributed by atoms with E-state index in [0.29, 0.717) is 18.4 Å². The monoisotopic (exact) mass is 323 g/mol. The Morgan fingerprint density at radius 1 is 0.917 bits per heavy atom. The standard InChI is InChI=1S/C21H25NO2/c23-20(16-7-3-1-4-8-16)15-22-13-17-11-21(24,12-18(17)14-22)19-9-5-2-6-10-19/h1-10,17-18,20,23-24H,11-15H2/t17-,18+,20?,21-. The maximum Gasteiger partial charge on any atom is 0.0916 e. The first-order valence-electron chi connectivity index (χ1n) is 8.87. The molecule has 0 bridgehead atoms. The lowest BCUT2D eigenvalue weighted by molar-refractivity contribution is 0.0288. The van der Waals surface area contributed by atoms with Crippen LogP contribution in [-0.4, -0.2) is 34.7 Å². The van der Waals surface area contributed by atoms with Gasteiger partial charge >= 0.3 is 0 Å². The van der Waals surface area contributed by atoms with Crippen LogP contribution in [0.2, 0.25) is 0 Å². The van der Waals surface area contributed by atoms with Crippen LogP contribution in [0.1, 0.15) is 30.1 Å². The highest BCUT2D eigenvalue weighted by Crippen LogP contribution is 2.49. The molecule has 3 nitrogen and oxygen atoms in total. The van der Waals surface area contributed by atoms with Crippen LogP contribution < -0.4 is 0 Å². The first kappa shape index (κ1) is 15.8. The molecule has 1 unspecified atom stereocenters. The summed E-state index contributed by atoms with van der Waals surface area (Å²) >= 11 is 0. The summed E-state index contributed by atoms with van der Waals surface area (Å²) in [5, 5.41) is 21.5. The molecule has 2 fully saturated rings. The normalized spacial score (nSPS) is 31.1. The minimum atomic E-state index is -0.666. The zero-order chi connectivity index (χ0) is 16.6. The van der Waals surface area contributed by atoms with Crippen LogP contribution >= 0.6 is 0 Å². The highest BCUT2D eigenvalue weighted by atomic mass is 16.3. The van der Waals surface area contributed by atoms with Crippen molar-refractivity contribution in [3.05, 3.63) is 71.8 Å². The second-order valence-corrected chi connectivity index (χ2v) is 7.47. The van der Waals surface area contributed by atoms with Crippen LogP contribution in [0.3, 0.4) is 0 Å². The summed E-state index contributed by atoms with van der Waals surface area (Å²) in [6, 6.07) is 20.0. The predicted molar refractivity (Wildman–Crippen MR) is 94.4 cm³/mol. The van der Waals surface area contributed by atoms with Gasteiger partial charge in [-0.05, 0) is 35.8 Å². The first-order valence-corrected chi connectivity index (χ1v) is 8.87. The number of benzene rings is 2. The Bertz CT molecular complexity index is 659. The second-order valence-electron chi connectivity index (χ2n) is 7.47. The summed E-state index contributed by atoms with van der Waals surface area (Å²) in [4.78, 5) is 2.36. The number of aliphatic hydroxyl groups is 2. The third kappa shape index (κ3) is 3.00. The van der Waals surface area contributed by atoms with Gasteiger partial charge in [0.2, 0.25) is 0 Å². The van der Waals surface area contributed by atoms with Crippen LogP contribution in [0.5, 0.6) is 0 Å². The van der Waals surface area contributed by atoms with Gasteiger partial charge < -0.3 is 10.2 Å². The van der Waals surface area contributed by atoms with E-state index >= 15 is 0 Å². The van der Waals surface area contributed by atoms with Crippen molar-refractivity contribution in [1.29, 1.82) is 0 Å². The topological polar surface area (TPSA) is 43.7 Å². The average molecular weight is 323 g/mol. The van der Waals surface area contributed by atoms with E-state index in [2.05, 4.69) is 4.90 Å². The Kier molecular flexibility index (Phi) is 4.17. The largest absolute Gasteiger partial charge is 0.387 e. The number of hydrogen-bond donors (Lipinski definition) is 2. The maximum atomic E-state index is 11.0. The van der Waals surface area contributed by atoms with Crippen LogP contribution in [-0.2, 0) is 5.60 Å². The fourth-order valence-electron chi connectivity index (χ4n) is 4.61. The van der Waals surface area contributed by atoms with Gasteiger partial charge in [-0.1, -0.05) is 60.7 Å². The Balaban J connectivity index is 1.38. The lowest BCUT2D eigenvalue weighted by Crippen LogP contribution is -2.30. The van der Waals surface area contributed by atoms with Gasteiger partial charge in [0.05, 0.1) is 11.7 Å². The maximum absolute atomic E-state index is 11.0. The number of hydrogen-bond acceptors (Lipinski definition) is 3. The summed E-state index contributed by atoms with van der Waals surface area (Å²) in [7, 11) is 0. The van der Waals surface area contributed by atoms with Crippen molar-refractivity contribution in [3.63, 3.8) is 0 Å². The third-order valence-electron chi connectivity index (χ3n) is 5.78. The molecule has 0 amide bonds. The Morgan fingerprint density at radius 2 is 1.46 bits per heavy atom. The molecule has 3 heteroatoms. The molecule has 0 radical (unpaired) electrons. The molecular weight excluding hydrogens is 298 g/mol. The van der Waals surface area contributed by atoms with E-state index < -0.39 is 11.7 Å². The average Bonchev–Trinajstić information content (AvgIpc) is 3.11. The van der Waals surface area contributed by atoms with Crippen LogP contribution in [0, 0.1) is 11.8 Å². The summed E-state index contributed by atoms with van der Waals surface area (Å²) in [6.07, 6.45) is 1.23. The van der Waals surface area contributed by atoms with E-state index in [4.69, 9.17) is 0 Å². The fraction of sp³-hybridized carbons (Fsp3) is 0.429. The van der Waals surface area contributed by atoms with Gasteiger partial charge in [0.15, 0.2) is 0 Å². The van der Waals surface area contributed by atoms with Crippen molar-refractivity contribution in [2.75, 3.05) is 19.6 Å². The van der Waals surface area contributed by atoms with Gasteiger partial charge in [0.25, 0.3) is 0 Å². The highest BCUT2D eigenvalue weighted by molar-refractivity contribution is 5.25. The molecule has 1 heterocycles. The molecule has 2 aliphatic rings. The lowest BCUT2D eigenvalue weighted by atomic mass is 9.90. The Hall–Kier alpha value is -1.68. The van der Waals surface area contributed by atoms with Gasteiger partial charge in [-0.2, -0.15) is 0 Å². The molecule has 4 rings (SSSR count). The fourth-order valence-corrected chi connectivity index (χ4v) is 4.61. The molecule has 1 aliphatic carbocycles. The van der Waals surface area contributed by atoms with Crippen LogP contribution in [0.15, 0.2) is 60.7 Å². The lowest BCUT2D eigenvalue weighted by Gasteiger charge is -2.27. The number of aliphatic hydroxyl groups excluding tert-OH is 1. The van der Waals surface area contributed by atoms with Crippen molar-refractivity contribution in [1.82, 2.24) is 4.90 Å². The molecule has 2 aromatic carbocycles. The van der Waals surface area contributed by atoms with Gasteiger partial charge in [-0.15, -0.1) is 0 Å². The van der Waals surface area contributed by atoms with E-state index in [-0.39, 0.29) is 0 Å². The molecular formula is C21H25NO2. The van der Waals surface area contributed by atoms with Crippen molar-refractivity contribution in [2.24, 2.45) is 11.8 Å². The van der Waals surface area contributed by atoms with Crippen molar-refractivity contribution >= 4 is 0 Å². The molecule has 126 valence electrons. The molecule has 2 N–H and O–H groups in total. The molecule has 0 spiro atoms. The third-order valence-corrected chi connectivity index (χ3v) is 5.78. The SMILES string of the molecule is OC(CN1C[C@@H]2C[C@@](O)(c3ccccc3)C[C@@H]2C1)c1ccccc1. The summed E-state index contributed by atoms with van der Waals surface area (Å²) in [5.41, 5.74) is 1.37. The van der Waals surface area contributed by atoms with Gasteiger partial charge in [0, 0.05) is 19.6 Å². The van der Waals surface area contributed by atoms with Crippen molar-refractivity contribution < 1.29 is 10.2 Å². The van der Waals surface area contributed by atoms with E-state index in [1.54, 1.807) is 0 Å². The first-order chi connectivity index (χ1) is 11.6. The summed E-state index contributed by atoms with van der Waals surface area (Å²) in [6.45, 7) is 2.63. The second kappa shape index (κ2) is 6.32. The quantitative estimate of drug-likeness (QED) is 0.909. The smallest absolute Gasteiger partial charge is 0.0916 e. The number of rotatable bonds is 4. The predicted octanol–water partition coefficient (Wildman–Crippen LogP) is 2.95. The Labute approximate surface area is 143 Å². The number of nitrogens with zero attached hydrogens (tertiary/aromatic N) is 1. The zero-order valence-electron chi connectivity index (χ0n) is 13.9. The molecule has 4 atom stereocenters. The molecule has 2 aromatic rings. The molecule has 1 aliphatic heterocycles. The molecule has 1 saturated heterocycles. The van der Waals surface area contributed by atoms with Crippen LogP contribution in [0.4, 0.5) is 0 Å². The van der Waals surface area contributed by atoms with Gasteiger partial charge in [-0.3, -0.25) is 4.90 Å². The van der Waals surface area contributed by atoms with E-state index in [1.807, 2.05) is 60.7 Å². The van der Waals surface area contributed by atoms with Crippen molar-refractivity contribution in [3.8, 4) is 0 Å². The van der Waals surface area contributed by atoms with Crippen LogP contribution in [0.25, 0.3) is 0 Å². The molecule has 24 heavy (non-hydrogen) atoms. The van der Waals surface area contributed by atoms with Gasteiger partial charge in [-0.25, -0.2) is 0 Å². The van der Waals surface area contributed by atoms with E-state index in [1.165, 1.54) is 0 Å². The highest BCUT2D eigenvalue weighted by Gasteiger charge is 2.48. The number of β-amino-alcohol motifs (C(OH)–C–C–N with tert-alkyl or cyclic N) is 1. The minimum Gasteiger partial charge on any atom is -0.387 e. The Morgan fingerprint density at radius 3 is 2.04 bits per heavy atom.